The fourth-order valence-electron chi connectivity index (χ4n) is 1.68. The summed E-state index contributed by atoms with van der Waals surface area (Å²) in [6, 6.07) is 7.37. The van der Waals surface area contributed by atoms with E-state index in [0.29, 0.717) is 10.2 Å². The number of furan rings is 1. The van der Waals surface area contributed by atoms with Crippen molar-refractivity contribution in [3.63, 3.8) is 0 Å². The number of amides is 1. The van der Waals surface area contributed by atoms with Gasteiger partial charge in [-0.05, 0) is 47.1 Å². The minimum absolute atomic E-state index is 0.150. The Kier molecular flexibility index (Phi) is 4.19. The standard InChI is InChI=1S/C13H11BrN2O4/c1-8(12-3-2-6-20-12)15-13(17)9-4-5-10(14)11(7-9)16(18)19/h2-8H,1H3,(H,15,17). The number of halogens is 1. The molecular formula is C13H11BrN2O4. The van der Waals surface area contributed by atoms with Crippen LogP contribution in [0.25, 0.3) is 0 Å². The molecule has 2 aromatic rings. The molecule has 0 aliphatic rings. The average Bonchev–Trinajstić information content (AvgIpc) is 2.92. The van der Waals surface area contributed by atoms with E-state index in [0.717, 1.165) is 0 Å². The van der Waals surface area contributed by atoms with Crippen LogP contribution in [0.4, 0.5) is 5.69 Å². The SMILES string of the molecule is CC(NC(=O)c1ccc(Br)c([N+](=O)[O-])c1)c1ccco1. The number of nitrogens with zero attached hydrogens (tertiary/aromatic N) is 1. The highest BCUT2D eigenvalue weighted by molar-refractivity contribution is 9.10. The van der Waals surface area contributed by atoms with Crippen molar-refractivity contribution in [2.24, 2.45) is 0 Å². The number of nitrogens with one attached hydrogen (secondary N) is 1. The van der Waals surface area contributed by atoms with Gasteiger partial charge < -0.3 is 9.73 Å². The molecule has 6 nitrogen and oxygen atoms in total. The Morgan fingerprint density at radius 2 is 2.20 bits per heavy atom. The van der Waals surface area contributed by atoms with E-state index in [1.165, 1.54) is 24.5 Å². The number of benzene rings is 1. The van der Waals surface area contributed by atoms with Crippen molar-refractivity contribution in [3.05, 3.63) is 62.5 Å². The summed E-state index contributed by atoms with van der Waals surface area (Å²) in [5.74, 6) is 0.217. The Bertz CT molecular complexity index is 640. The van der Waals surface area contributed by atoms with Gasteiger partial charge in [-0.25, -0.2) is 0 Å². The Balaban J connectivity index is 2.17. The van der Waals surface area contributed by atoms with Gasteiger partial charge in [0.2, 0.25) is 0 Å². The van der Waals surface area contributed by atoms with Crippen LogP contribution in [0.3, 0.4) is 0 Å². The molecule has 7 heteroatoms. The zero-order valence-corrected chi connectivity index (χ0v) is 12.1. The van der Waals surface area contributed by atoms with E-state index < -0.39 is 10.8 Å². The van der Waals surface area contributed by atoms with E-state index in [4.69, 9.17) is 4.42 Å². The molecule has 1 N–H and O–H groups in total. The van der Waals surface area contributed by atoms with Gasteiger partial charge in [-0.2, -0.15) is 0 Å². The van der Waals surface area contributed by atoms with E-state index in [9.17, 15) is 14.9 Å². The molecule has 1 aromatic carbocycles. The summed E-state index contributed by atoms with van der Waals surface area (Å²) >= 11 is 3.07. The summed E-state index contributed by atoms with van der Waals surface area (Å²) in [7, 11) is 0. The molecule has 104 valence electrons. The first-order valence-corrected chi connectivity index (χ1v) is 6.56. The summed E-state index contributed by atoms with van der Waals surface area (Å²) in [6.45, 7) is 1.77. The lowest BCUT2D eigenvalue weighted by Crippen LogP contribution is -2.26. The van der Waals surface area contributed by atoms with Crippen molar-refractivity contribution in [1.29, 1.82) is 0 Å². The number of rotatable bonds is 4. The molecule has 0 saturated carbocycles. The van der Waals surface area contributed by atoms with Gasteiger partial charge in [-0.1, -0.05) is 0 Å². The van der Waals surface area contributed by atoms with Gasteiger partial charge in [0.15, 0.2) is 0 Å². The number of nitro benzene ring substituents is 1. The van der Waals surface area contributed by atoms with Crippen LogP contribution in [0.5, 0.6) is 0 Å². The van der Waals surface area contributed by atoms with Crippen LogP contribution >= 0.6 is 15.9 Å². The van der Waals surface area contributed by atoms with Crippen molar-refractivity contribution >= 4 is 27.5 Å². The van der Waals surface area contributed by atoms with Gasteiger partial charge in [0.1, 0.15) is 5.76 Å². The maximum atomic E-state index is 12.0. The molecule has 0 bridgehead atoms. The van der Waals surface area contributed by atoms with Gasteiger partial charge in [0, 0.05) is 11.6 Å². The summed E-state index contributed by atoms with van der Waals surface area (Å²) in [6.07, 6.45) is 1.52. The molecule has 0 fully saturated rings. The second-order valence-electron chi connectivity index (χ2n) is 4.13. The van der Waals surface area contributed by atoms with Crippen molar-refractivity contribution in [2.75, 3.05) is 0 Å². The van der Waals surface area contributed by atoms with Gasteiger partial charge in [0.05, 0.1) is 21.7 Å². The predicted molar refractivity (Wildman–Crippen MR) is 75.4 cm³/mol. The molecule has 1 unspecified atom stereocenters. The van der Waals surface area contributed by atoms with Crippen LogP contribution in [-0.4, -0.2) is 10.8 Å². The van der Waals surface area contributed by atoms with Crippen LogP contribution in [0.15, 0.2) is 45.5 Å². The first-order chi connectivity index (χ1) is 9.49. The number of hydrogen-bond acceptors (Lipinski definition) is 4. The number of hydrogen-bond donors (Lipinski definition) is 1. The van der Waals surface area contributed by atoms with Crippen molar-refractivity contribution < 1.29 is 14.1 Å². The van der Waals surface area contributed by atoms with Crippen molar-refractivity contribution in [1.82, 2.24) is 5.32 Å². The highest BCUT2D eigenvalue weighted by Gasteiger charge is 2.18. The fourth-order valence-corrected chi connectivity index (χ4v) is 2.07. The molecule has 0 radical (unpaired) electrons. The lowest BCUT2D eigenvalue weighted by atomic mass is 10.1. The van der Waals surface area contributed by atoms with E-state index in [1.54, 1.807) is 19.1 Å². The predicted octanol–water partition coefficient (Wildman–Crippen LogP) is 3.44. The number of carbonyl (C=O) groups is 1. The fraction of sp³-hybridized carbons (Fsp3) is 0.154. The summed E-state index contributed by atoms with van der Waals surface area (Å²) in [4.78, 5) is 22.3. The lowest BCUT2D eigenvalue weighted by molar-refractivity contribution is -0.385. The summed E-state index contributed by atoms with van der Waals surface area (Å²) < 4.78 is 5.51. The van der Waals surface area contributed by atoms with Crippen LogP contribution in [0.2, 0.25) is 0 Å². The van der Waals surface area contributed by atoms with Crippen LogP contribution < -0.4 is 5.32 Å². The molecule has 20 heavy (non-hydrogen) atoms. The molecule has 1 amide bonds. The van der Waals surface area contributed by atoms with E-state index in [-0.39, 0.29) is 17.3 Å². The number of nitro groups is 1. The molecule has 0 saturated heterocycles. The number of carbonyl (C=O) groups excluding carboxylic acids is 1. The highest BCUT2D eigenvalue weighted by Crippen LogP contribution is 2.26. The van der Waals surface area contributed by atoms with Gasteiger partial charge >= 0.3 is 0 Å². The maximum absolute atomic E-state index is 12.0. The minimum atomic E-state index is -0.545. The van der Waals surface area contributed by atoms with Crippen LogP contribution in [-0.2, 0) is 0 Å². The van der Waals surface area contributed by atoms with Gasteiger partial charge in [-0.3, -0.25) is 14.9 Å². The Morgan fingerprint density at radius 1 is 1.45 bits per heavy atom. The van der Waals surface area contributed by atoms with Crippen LogP contribution in [0, 0.1) is 10.1 Å². The second-order valence-corrected chi connectivity index (χ2v) is 4.99. The summed E-state index contributed by atoms with van der Waals surface area (Å²) in [5, 5.41) is 13.5. The Hall–Kier alpha value is -2.15. The molecule has 1 heterocycles. The first kappa shape index (κ1) is 14.3. The molecular weight excluding hydrogens is 328 g/mol. The molecule has 0 aliphatic heterocycles. The third-order valence-corrected chi connectivity index (χ3v) is 3.39. The van der Waals surface area contributed by atoms with Crippen LogP contribution in [0.1, 0.15) is 29.1 Å². The smallest absolute Gasteiger partial charge is 0.284 e. The molecule has 1 aromatic heterocycles. The largest absolute Gasteiger partial charge is 0.467 e. The van der Waals surface area contributed by atoms with Crippen molar-refractivity contribution in [2.45, 2.75) is 13.0 Å². The Morgan fingerprint density at radius 3 is 2.80 bits per heavy atom. The van der Waals surface area contributed by atoms with Gasteiger partial charge in [-0.15, -0.1) is 0 Å². The third kappa shape index (κ3) is 3.05. The topological polar surface area (TPSA) is 85.4 Å². The average molecular weight is 339 g/mol. The molecule has 2 rings (SSSR count). The second kappa shape index (κ2) is 5.87. The quantitative estimate of drug-likeness (QED) is 0.683. The zero-order valence-electron chi connectivity index (χ0n) is 10.5. The molecule has 0 spiro atoms. The van der Waals surface area contributed by atoms with E-state index >= 15 is 0 Å². The normalized spacial score (nSPS) is 11.9. The zero-order chi connectivity index (χ0) is 14.7. The maximum Gasteiger partial charge on any atom is 0.284 e. The molecule has 0 aliphatic carbocycles. The van der Waals surface area contributed by atoms with Crippen molar-refractivity contribution in [3.8, 4) is 0 Å². The Labute approximate surface area is 123 Å². The highest BCUT2D eigenvalue weighted by atomic mass is 79.9. The minimum Gasteiger partial charge on any atom is -0.467 e. The molecule has 1 atom stereocenters. The summed E-state index contributed by atoms with van der Waals surface area (Å²) in [5.41, 5.74) is 0.0709. The van der Waals surface area contributed by atoms with E-state index in [1.807, 2.05) is 0 Å². The monoisotopic (exact) mass is 338 g/mol. The lowest BCUT2D eigenvalue weighted by Gasteiger charge is -2.11. The van der Waals surface area contributed by atoms with Gasteiger partial charge in [0.25, 0.3) is 11.6 Å². The van der Waals surface area contributed by atoms with E-state index in [2.05, 4.69) is 21.2 Å². The first-order valence-electron chi connectivity index (χ1n) is 5.77. The third-order valence-electron chi connectivity index (χ3n) is 2.72.